The molecule has 0 bridgehead atoms. The van der Waals surface area contributed by atoms with Gasteiger partial charge in [-0.25, -0.2) is 4.39 Å². The Kier molecular flexibility index (Phi) is 6.16. The highest BCUT2D eigenvalue weighted by molar-refractivity contribution is 9.10. The zero-order valence-corrected chi connectivity index (χ0v) is 14.3. The molecule has 0 aromatic heterocycles. The highest BCUT2D eigenvalue weighted by atomic mass is 79.9. The minimum atomic E-state index is -0.798. The lowest BCUT2D eigenvalue weighted by molar-refractivity contribution is -0.137. The molecule has 0 aliphatic heterocycles. The summed E-state index contributed by atoms with van der Waals surface area (Å²) in [5.74, 6) is -0.441. The van der Waals surface area contributed by atoms with E-state index in [1.807, 2.05) is 31.2 Å². The number of carboxylic acid groups (broad SMARTS) is 1. The van der Waals surface area contributed by atoms with Gasteiger partial charge in [-0.1, -0.05) is 35.0 Å². The largest absolute Gasteiger partial charge is 0.489 e. The second kappa shape index (κ2) is 8.11. The maximum atomic E-state index is 13.2. The van der Waals surface area contributed by atoms with E-state index in [2.05, 4.69) is 15.9 Å². The summed E-state index contributed by atoms with van der Waals surface area (Å²) in [6, 6.07) is 11.9. The second-order valence-corrected chi connectivity index (χ2v) is 6.15. The van der Waals surface area contributed by atoms with Crippen LogP contribution in [-0.4, -0.2) is 11.1 Å². The molecule has 0 saturated heterocycles. The predicted octanol–water partition coefficient (Wildman–Crippen LogP) is 5.14. The lowest BCUT2D eigenvalue weighted by Crippen LogP contribution is -2.05. The highest BCUT2D eigenvalue weighted by Crippen LogP contribution is 2.26. The molecule has 0 fully saturated rings. The van der Waals surface area contributed by atoms with Gasteiger partial charge in [-0.3, -0.25) is 4.79 Å². The molecule has 122 valence electrons. The number of hydrogen-bond donors (Lipinski definition) is 1. The van der Waals surface area contributed by atoms with Crippen LogP contribution in [0.5, 0.6) is 5.75 Å². The van der Waals surface area contributed by atoms with Crippen molar-refractivity contribution in [3.05, 3.63) is 63.9 Å². The van der Waals surface area contributed by atoms with Gasteiger partial charge in [-0.15, -0.1) is 0 Å². The van der Waals surface area contributed by atoms with Crippen molar-refractivity contribution in [2.24, 2.45) is 0 Å². The van der Waals surface area contributed by atoms with Gasteiger partial charge in [-0.05, 0) is 48.2 Å². The summed E-state index contributed by atoms with van der Waals surface area (Å²) in [4.78, 5) is 10.9. The summed E-state index contributed by atoms with van der Waals surface area (Å²) in [5, 5.41) is 8.93. The summed E-state index contributed by atoms with van der Waals surface area (Å²) in [5.41, 5.74) is 1.71. The number of hydrogen-bond acceptors (Lipinski definition) is 2. The first-order valence-corrected chi connectivity index (χ1v) is 8.17. The lowest BCUT2D eigenvalue weighted by Gasteiger charge is -2.14. The molecule has 0 radical (unpaired) electrons. The average molecular weight is 381 g/mol. The summed E-state index contributed by atoms with van der Waals surface area (Å²) in [6.07, 6.45) is 0.885. The van der Waals surface area contributed by atoms with E-state index in [1.54, 1.807) is 6.07 Å². The fourth-order valence-corrected chi connectivity index (χ4v) is 2.72. The van der Waals surface area contributed by atoms with Crippen LogP contribution in [0, 0.1) is 5.82 Å². The molecular formula is C18H18BrFO3. The maximum absolute atomic E-state index is 13.2. The molecule has 3 nitrogen and oxygen atoms in total. The van der Waals surface area contributed by atoms with Gasteiger partial charge < -0.3 is 9.84 Å². The maximum Gasteiger partial charge on any atom is 0.303 e. The number of carbonyl (C=O) groups is 1. The number of rotatable bonds is 7. The third-order valence-corrected chi connectivity index (χ3v) is 4.44. The standard InChI is InChI=1S/C18H18BrFO3/c1-2-12(10-18(21)22)13-3-6-16(7-4-13)23-11-14-9-15(20)5-8-17(14)19/h3-9,12H,2,10-11H2,1H3,(H,21,22). The SMILES string of the molecule is CCC(CC(=O)O)c1ccc(OCc2cc(F)ccc2Br)cc1. The van der Waals surface area contributed by atoms with Gasteiger partial charge in [0.25, 0.3) is 0 Å². The number of benzene rings is 2. The van der Waals surface area contributed by atoms with E-state index >= 15 is 0 Å². The number of halogens is 2. The molecule has 5 heteroatoms. The van der Waals surface area contributed by atoms with E-state index in [1.165, 1.54) is 12.1 Å². The first kappa shape index (κ1) is 17.5. The van der Waals surface area contributed by atoms with Gasteiger partial charge in [0, 0.05) is 10.0 Å². The van der Waals surface area contributed by atoms with Crippen LogP contribution >= 0.6 is 15.9 Å². The Labute approximate surface area is 143 Å². The third kappa shape index (κ3) is 5.06. The van der Waals surface area contributed by atoms with E-state index in [-0.39, 0.29) is 24.8 Å². The van der Waals surface area contributed by atoms with Gasteiger partial charge in [0.1, 0.15) is 18.2 Å². The Bertz CT molecular complexity index is 670. The first-order chi connectivity index (χ1) is 11.0. The number of ether oxygens (including phenoxy) is 1. The first-order valence-electron chi connectivity index (χ1n) is 7.38. The molecule has 1 atom stereocenters. The summed E-state index contributed by atoms with van der Waals surface area (Å²) in [6.45, 7) is 2.23. The van der Waals surface area contributed by atoms with Gasteiger partial charge >= 0.3 is 5.97 Å². The minimum absolute atomic E-state index is 0.00101. The van der Waals surface area contributed by atoms with Crippen molar-refractivity contribution in [1.82, 2.24) is 0 Å². The van der Waals surface area contributed by atoms with Gasteiger partial charge in [0.15, 0.2) is 0 Å². The Morgan fingerprint density at radius 2 is 1.96 bits per heavy atom. The third-order valence-electron chi connectivity index (χ3n) is 3.67. The Hall–Kier alpha value is -1.88. The molecule has 0 heterocycles. The van der Waals surface area contributed by atoms with Crippen LogP contribution in [0.3, 0.4) is 0 Å². The van der Waals surface area contributed by atoms with Crippen molar-refractivity contribution in [2.45, 2.75) is 32.3 Å². The molecule has 0 aliphatic carbocycles. The van der Waals surface area contributed by atoms with Crippen molar-refractivity contribution in [3.63, 3.8) is 0 Å². The van der Waals surface area contributed by atoms with E-state index in [0.717, 1.165) is 22.0 Å². The fraction of sp³-hybridized carbons (Fsp3) is 0.278. The van der Waals surface area contributed by atoms with Crippen LogP contribution in [0.1, 0.15) is 36.8 Å². The molecule has 0 amide bonds. The molecule has 1 N–H and O–H groups in total. The second-order valence-electron chi connectivity index (χ2n) is 5.30. The van der Waals surface area contributed by atoms with Gasteiger partial charge in [0.05, 0.1) is 6.42 Å². The van der Waals surface area contributed by atoms with Gasteiger partial charge in [0.2, 0.25) is 0 Å². The Morgan fingerprint density at radius 3 is 2.57 bits per heavy atom. The summed E-state index contributed by atoms with van der Waals surface area (Å²) in [7, 11) is 0. The van der Waals surface area contributed by atoms with E-state index in [4.69, 9.17) is 9.84 Å². The molecule has 1 unspecified atom stereocenters. The van der Waals surface area contributed by atoms with Crippen LogP contribution in [0.25, 0.3) is 0 Å². The highest BCUT2D eigenvalue weighted by Gasteiger charge is 2.13. The molecule has 23 heavy (non-hydrogen) atoms. The predicted molar refractivity (Wildman–Crippen MR) is 90.2 cm³/mol. The average Bonchev–Trinajstić information content (AvgIpc) is 2.54. The molecular weight excluding hydrogens is 363 g/mol. The van der Waals surface area contributed by atoms with Crippen molar-refractivity contribution < 1.29 is 19.0 Å². The van der Waals surface area contributed by atoms with Crippen molar-refractivity contribution in [1.29, 1.82) is 0 Å². The fourth-order valence-electron chi connectivity index (χ4n) is 2.36. The van der Waals surface area contributed by atoms with Crippen LogP contribution in [0.2, 0.25) is 0 Å². The van der Waals surface area contributed by atoms with Crippen LogP contribution in [0.15, 0.2) is 46.9 Å². The number of aliphatic carboxylic acids is 1. The van der Waals surface area contributed by atoms with Crippen molar-refractivity contribution in [3.8, 4) is 5.75 Å². The van der Waals surface area contributed by atoms with Gasteiger partial charge in [-0.2, -0.15) is 0 Å². The minimum Gasteiger partial charge on any atom is -0.489 e. The van der Waals surface area contributed by atoms with Crippen LogP contribution < -0.4 is 4.74 Å². The van der Waals surface area contributed by atoms with E-state index < -0.39 is 5.97 Å². The number of carboxylic acids is 1. The molecule has 2 aromatic carbocycles. The monoisotopic (exact) mass is 380 g/mol. The van der Waals surface area contributed by atoms with E-state index in [9.17, 15) is 9.18 Å². The topological polar surface area (TPSA) is 46.5 Å². The molecule has 0 spiro atoms. The smallest absolute Gasteiger partial charge is 0.303 e. The molecule has 2 rings (SSSR count). The Balaban J connectivity index is 2.02. The van der Waals surface area contributed by atoms with Crippen LogP contribution in [-0.2, 0) is 11.4 Å². The molecule has 0 aliphatic rings. The van der Waals surface area contributed by atoms with Crippen molar-refractivity contribution in [2.75, 3.05) is 0 Å². The molecule has 0 saturated carbocycles. The zero-order chi connectivity index (χ0) is 16.8. The Morgan fingerprint density at radius 1 is 1.26 bits per heavy atom. The van der Waals surface area contributed by atoms with E-state index in [0.29, 0.717) is 5.75 Å². The lowest BCUT2D eigenvalue weighted by atomic mass is 9.93. The summed E-state index contributed by atoms with van der Waals surface area (Å²) < 4.78 is 19.7. The zero-order valence-electron chi connectivity index (χ0n) is 12.8. The summed E-state index contributed by atoms with van der Waals surface area (Å²) >= 11 is 3.36. The molecule has 2 aromatic rings. The van der Waals surface area contributed by atoms with Crippen LogP contribution in [0.4, 0.5) is 4.39 Å². The van der Waals surface area contributed by atoms with Crippen molar-refractivity contribution >= 4 is 21.9 Å². The quantitative estimate of drug-likeness (QED) is 0.723. The normalized spacial score (nSPS) is 12.0.